The normalized spacial score (nSPS) is 23.9. The Morgan fingerprint density at radius 3 is 2.46 bits per heavy atom. The highest BCUT2D eigenvalue weighted by atomic mass is 19.4. The summed E-state index contributed by atoms with van der Waals surface area (Å²) in [6.45, 7) is -0.884. The summed E-state index contributed by atoms with van der Waals surface area (Å²) in [6, 6.07) is 2.62. The SMILES string of the molecule is O=c1ccc(-c2cnc(OCC(F)(F)F)nc2)nn1CCC12CC(C1)C2. The van der Waals surface area contributed by atoms with Crippen LogP contribution in [0.2, 0.25) is 0 Å². The van der Waals surface area contributed by atoms with Crippen molar-refractivity contribution in [1.29, 1.82) is 0 Å². The summed E-state index contributed by atoms with van der Waals surface area (Å²) in [6.07, 6.45) is 2.94. The molecule has 6 nitrogen and oxygen atoms in total. The average molecular weight is 366 g/mol. The van der Waals surface area contributed by atoms with E-state index in [2.05, 4.69) is 19.8 Å². The van der Waals surface area contributed by atoms with Gasteiger partial charge in [0.05, 0.1) is 5.69 Å². The molecule has 0 unspecified atom stereocenters. The van der Waals surface area contributed by atoms with Gasteiger partial charge in [0, 0.05) is 30.6 Å². The van der Waals surface area contributed by atoms with Crippen molar-refractivity contribution in [3.63, 3.8) is 0 Å². The molecular formula is C17H17F3N4O2. The van der Waals surface area contributed by atoms with Gasteiger partial charge in [-0.2, -0.15) is 18.3 Å². The molecule has 3 aliphatic rings. The van der Waals surface area contributed by atoms with E-state index in [0.29, 0.717) is 23.2 Å². The van der Waals surface area contributed by atoms with E-state index in [0.717, 1.165) is 12.3 Å². The number of aromatic nitrogens is 4. The van der Waals surface area contributed by atoms with Gasteiger partial charge < -0.3 is 4.74 Å². The number of rotatable bonds is 6. The average Bonchev–Trinajstić information content (AvgIpc) is 2.52. The first-order valence-electron chi connectivity index (χ1n) is 8.42. The molecule has 2 bridgehead atoms. The molecule has 2 aromatic heterocycles. The predicted molar refractivity (Wildman–Crippen MR) is 85.5 cm³/mol. The summed E-state index contributed by atoms with van der Waals surface area (Å²) in [5.74, 6) is 0.890. The molecule has 0 aromatic carbocycles. The maximum atomic E-state index is 12.1. The summed E-state index contributed by atoms with van der Waals surface area (Å²) in [5, 5.41) is 4.34. The zero-order valence-corrected chi connectivity index (χ0v) is 13.9. The summed E-state index contributed by atoms with van der Waals surface area (Å²) in [4.78, 5) is 19.5. The smallest absolute Gasteiger partial charge is 0.422 e. The van der Waals surface area contributed by atoms with Crippen LogP contribution in [0.1, 0.15) is 25.7 Å². The number of hydrogen-bond donors (Lipinski definition) is 0. The molecule has 0 aliphatic heterocycles. The number of hydrogen-bond acceptors (Lipinski definition) is 5. The Balaban J connectivity index is 1.44. The Kier molecular flexibility index (Phi) is 3.96. The molecule has 3 fully saturated rings. The highest BCUT2D eigenvalue weighted by molar-refractivity contribution is 5.55. The van der Waals surface area contributed by atoms with E-state index in [1.165, 1.54) is 42.4 Å². The molecule has 5 rings (SSSR count). The van der Waals surface area contributed by atoms with Crippen LogP contribution >= 0.6 is 0 Å². The van der Waals surface area contributed by atoms with Gasteiger partial charge in [0.15, 0.2) is 6.61 Å². The lowest BCUT2D eigenvalue weighted by molar-refractivity contribution is -0.154. The number of ether oxygens (including phenoxy) is 1. The highest BCUT2D eigenvalue weighted by Crippen LogP contribution is 2.66. The Labute approximate surface area is 147 Å². The van der Waals surface area contributed by atoms with Crippen LogP contribution in [0.3, 0.4) is 0 Å². The summed E-state index contributed by atoms with van der Waals surface area (Å²) < 4.78 is 42.3. The van der Waals surface area contributed by atoms with Crippen molar-refractivity contribution in [2.24, 2.45) is 11.3 Å². The van der Waals surface area contributed by atoms with Crippen LogP contribution in [0.25, 0.3) is 11.3 Å². The van der Waals surface area contributed by atoms with Crippen LogP contribution in [-0.2, 0) is 6.54 Å². The molecule has 3 aliphatic carbocycles. The Hall–Kier alpha value is -2.45. The number of nitrogens with zero attached hydrogens (tertiary/aromatic N) is 4. The second-order valence-electron chi connectivity index (χ2n) is 7.17. The van der Waals surface area contributed by atoms with Crippen LogP contribution in [0, 0.1) is 11.3 Å². The predicted octanol–water partition coefficient (Wildman–Crippen LogP) is 2.83. The quantitative estimate of drug-likeness (QED) is 0.786. The standard InChI is InChI=1S/C17H17F3N4O2/c18-17(19,20)10-26-15-21-8-12(9-22-15)13-1-2-14(25)24(23-13)4-3-16-5-11(6-16)7-16/h1-2,8-9,11H,3-7,10H2. The Morgan fingerprint density at radius 1 is 1.19 bits per heavy atom. The van der Waals surface area contributed by atoms with Crippen molar-refractivity contribution in [3.8, 4) is 17.3 Å². The zero-order chi connectivity index (χ0) is 18.4. The van der Waals surface area contributed by atoms with Crippen LogP contribution < -0.4 is 10.3 Å². The molecule has 0 saturated heterocycles. The van der Waals surface area contributed by atoms with E-state index in [1.54, 1.807) is 6.07 Å². The maximum Gasteiger partial charge on any atom is 0.422 e. The van der Waals surface area contributed by atoms with Crippen molar-refractivity contribution >= 4 is 0 Å². The molecule has 138 valence electrons. The second kappa shape index (κ2) is 6.07. The number of halogens is 3. The fraction of sp³-hybridized carbons (Fsp3) is 0.529. The second-order valence-corrected chi connectivity index (χ2v) is 7.17. The Bertz CT molecular complexity index is 847. The Morgan fingerprint density at radius 2 is 1.88 bits per heavy atom. The monoisotopic (exact) mass is 366 g/mol. The molecule has 2 aromatic rings. The van der Waals surface area contributed by atoms with Gasteiger partial charge in [0.1, 0.15) is 0 Å². The molecule has 0 atom stereocenters. The maximum absolute atomic E-state index is 12.1. The summed E-state index contributed by atoms with van der Waals surface area (Å²) in [5.41, 5.74) is 1.24. The molecule has 0 spiro atoms. The topological polar surface area (TPSA) is 69.9 Å². The summed E-state index contributed by atoms with van der Waals surface area (Å²) >= 11 is 0. The fourth-order valence-electron chi connectivity index (χ4n) is 3.74. The van der Waals surface area contributed by atoms with Crippen LogP contribution in [0.15, 0.2) is 29.3 Å². The summed E-state index contributed by atoms with van der Waals surface area (Å²) in [7, 11) is 0. The van der Waals surface area contributed by atoms with E-state index in [4.69, 9.17) is 0 Å². The third kappa shape index (κ3) is 3.42. The zero-order valence-electron chi connectivity index (χ0n) is 13.9. The van der Waals surface area contributed by atoms with E-state index >= 15 is 0 Å². The van der Waals surface area contributed by atoms with Crippen LogP contribution in [-0.4, -0.2) is 32.5 Å². The third-order valence-electron chi connectivity index (χ3n) is 5.17. The molecule has 0 N–H and O–H groups in total. The fourth-order valence-corrected chi connectivity index (χ4v) is 3.74. The van der Waals surface area contributed by atoms with Crippen molar-refractivity contribution in [2.75, 3.05) is 6.61 Å². The van der Waals surface area contributed by atoms with Crippen molar-refractivity contribution in [1.82, 2.24) is 19.7 Å². The molecule has 0 radical (unpaired) electrons. The van der Waals surface area contributed by atoms with Gasteiger partial charge in [0.2, 0.25) is 0 Å². The van der Waals surface area contributed by atoms with Crippen molar-refractivity contribution in [3.05, 3.63) is 34.9 Å². The number of aryl methyl sites for hydroxylation is 1. The minimum absolute atomic E-state index is 0.175. The van der Waals surface area contributed by atoms with Crippen LogP contribution in [0.4, 0.5) is 13.2 Å². The van der Waals surface area contributed by atoms with E-state index < -0.39 is 12.8 Å². The molecule has 9 heteroatoms. The molecule has 2 heterocycles. The van der Waals surface area contributed by atoms with Gasteiger partial charge in [-0.15, -0.1) is 0 Å². The largest absolute Gasteiger partial charge is 0.454 e. The number of alkyl halides is 3. The lowest BCUT2D eigenvalue weighted by Crippen LogP contribution is -2.52. The minimum atomic E-state index is -4.44. The van der Waals surface area contributed by atoms with E-state index in [9.17, 15) is 18.0 Å². The molecule has 26 heavy (non-hydrogen) atoms. The van der Waals surface area contributed by atoms with Gasteiger partial charge in [-0.3, -0.25) is 4.79 Å². The first-order valence-corrected chi connectivity index (χ1v) is 8.42. The van der Waals surface area contributed by atoms with Gasteiger partial charge >= 0.3 is 12.2 Å². The van der Waals surface area contributed by atoms with Gasteiger partial charge in [-0.05, 0) is 43.1 Å². The minimum Gasteiger partial charge on any atom is -0.454 e. The first kappa shape index (κ1) is 17.0. The van der Waals surface area contributed by atoms with Crippen molar-refractivity contribution in [2.45, 2.75) is 38.4 Å². The molecular weight excluding hydrogens is 349 g/mol. The third-order valence-corrected chi connectivity index (χ3v) is 5.17. The molecule has 3 saturated carbocycles. The van der Waals surface area contributed by atoms with Gasteiger partial charge in [-0.1, -0.05) is 0 Å². The highest BCUT2D eigenvalue weighted by Gasteiger charge is 2.55. The van der Waals surface area contributed by atoms with Gasteiger partial charge in [-0.25, -0.2) is 14.6 Å². The lowest BCUT2D eigenvalue weighted by Gasteiger charge is -2.62. The van der Waals surface area contributed by atoms with E-state index in [1.807, 2.05) is 0 Å². The van der Waals surface area contributed by atoms with Crippen molar-refractivity contribution < 1.29 is 17.9 Å². The van der Waals surface area contributed by atoms with E-state index in [-0.39, 0.29) is 11.6 Å². The molecule has 0 amide bonds. The lowest BCUT2D eigenvalue weighted by atomic mass is 9.43. The van der Waals surface area contributed by atoms with Gasteiger partial charge in [0.25, 0.3) is 5.56 Å². The van der Waals surface area contributed by atoms with Crippen LogP contribution in [0.5, 0.6) is 6.01 Å². The first-order chi connectivity index (χ1) is 12.3.